The molecular formula is C12H16N4. The number of benzene rings is 1. The zero-order valence-corrected chi connectivity index (χ0v) is 9.59. The maximum Gasteiger partial charge on any atom is 0.0814 e. The Morgan fingerprint density at radius 3 is 2.69 bits per heavy atom. The van der Waals surface area contributed by atoms with Gasteiger partial charge in [0.05, 0.1) is 23.6 Å². The summed E-state index contributed by atoms with van der Waals surface area (Å²) in [6.07, 6.45) is 2.83. The predicted molar refractivity (Wildman–Crippen MR) is 63.5 cm³/mol. The molecule has 1 atom stereocenters. The van der Waals surface area contributed by atoms with Crippen LogP contribution < -0.4 is 5.32 Å². The first-order valence-electron chi connectivity index (χ1n) is 5.50. The average molecular weight is 216 g/mol. The third kappa shape index (κ3) is 1.97. The largest absolute Gasteiger partial charge is 0.312 e. The lowest BCUT2D eigenvalue weighted by Crippen LogP contribution is -2.19. The molecule has 16 heavy (non-hydrogen) atoms. The SMILES string of the molecule is CCC(NC)c1cnnn1-c1ccccc1. The minimum Gasteiger partial charge on any atom is -0.312 e. The molecule has 0 spiro atoms. The van der Waals surface area contributed by atoms with Crippen molar-refractivity contribution in [3.63, 3.8) is 0 Å². The van der Waals surface area contributed by atoms with Gasteiger partial charge in [-0.25, -0.2) is 4.68 Å². The van der Waals surface area contributed by atoms with Crippen molar-refractivity contribution in [2.24, 2.45) is 0 Å². The minimum absolute atomic E-state index is 0.287. The first-order chi connectivity index (χ1) is 7.86. The fraction of sp³-hybridized carbons (Fsp3) is 0.333. The summed E-state index contributed by atoms with van der Waals surface area (Å²) in [5.41, 5.74) is 2.14. The van der Waals surface area contributed by atoms with Crippen LogP contribution in [0, 0.1) is 0 Å². The molecule has 0 saturated heterocycles. The van der Waals surface area contributed by atoms with Crippen LogP contribution in [0.25, 0.3) is 5.69 Å². The van der Waals surface area contributed by atoms with E-state index in [2.05, 4.69) is 22.6 Å². The second kappa shape index (κ2) is 4.90. The highest BCUT2D eigenvalue weighted by Gasteiger charge is 2.13. The molecule has 0 aliphatic heterocycles. The van der Waals surface area contributed by atoms with Gasteiger partial charge in [0, 0.05) is 0 Å². The molecule has 0 amide bonds. The van der Waals surface area contributed by atoms with Gasteiger partial charge >= 0.3 is 0 Å². The number of nitrogens with zero attached hydrogens (tertiary/aromatic N) is 3. The number of hydrogen-bond donors (Lipinski definition) is 1. The Hall–Kier alpha value is -1.68. The molecule has 2 aromatic rings. The normalized spacial score (nSPS) is 12.6. The summed E-state index contributed by atoms with van der Waals surface area (Å²) in [6, 6.07) is 10.3. The molecule has 1 aromatic carbocycles. The first kappa shape index (κ1) is 10.8. The van der Waals surface area contributed by atoms with Crippen LogP contribution in [-0.2, 0) is 0 Å². The van der Waals surface area contributed by atoms with Gasteiger partial charge in [0.25, 0.3) is 0 Å². The van der Waals surface area contributed by atoms with Gasteiger partial charge in [-0.3, -0.25) is 0 Å². The van der Waals surface area contributed by atoms with E-state index in [9.17, 15) is 0 Å². The second-order valence-corrected chi connectivity index (χ2v) is 3.66. The summed E-state index contributed by atoms with van der Waals surface area (Å²) in [6.45, 7) is 2.14. The van der Waals surface area contributed by atoms with Gasteiger partial charge in [0.2, 0.25) is 0 Å². The molecule has 0 radical (unpaired) electrons. The van der Waals surface area contributed by atoms with Crippen molar-refractivity contribution in [3.8, 4) is 5.69 Å². The van der Waals surface area contributed by atoms with Gasteiger partial charge in [-0.1, -0.05) is 30.3 Å². The zero-order valence-electron chi connectivity index (χ0n) is 9.59. The molecule has 0 aliphatic carbocycles. The van der Waals surface area contributed by atoms with Crippen molar-refractivity contribution in [1.82, 2.24) is 20.3 Å². The molecule has 2 rings (SSSR count). The molecular weight excluding hydrogens is 200 g/mol. The molecule has 0 fully saturated rings. The second-order valence-electron chi connectivity index (χ2n) is 3.66. The predicted octanol–water partition coefficient (Wildman–Crippen LogP) is 1.94. The lowest BCUT2D eigenvalue weighted by atomic mass is 10.1. The van der Waals surface area contributed by atoms with Crippen molar-refractivity contribution < 1.29 is 0 Å². The number of aromatic nitrogens is 3. The van der Waals surface area contributed by atoms with Crippen LogP contribution in [0.15, 0.2) is 36.5 Å². The summed E-state index contributed by atoms with van der Waals surface area (Å²) < 4.78 is 1.88. The maximum atomic E-state index is 4.13. The summed E-state index contributed by atoms with van der Waals surface area (Å²) in [7, 11) is 1.95. The minimum atomic E-state index is 0.287. The molecule has 0 aliphatic rings. The van der Waals surface area contributed by atoms with Crippen molar-refractivity contribution in [2.75, 3.05) is 7.05 Å². The molecule has 0 saturated carbocycles. The van der Waals surface area contributed by atoms with Gasteiger partial charge in [0.15, 0.2) is 0 Å². The van der Waals surface area contributed by atoms with E-state index >= 15 is 0 Å². The van der Waals surface area contributed by atoms with Crippen molar-refractivity contribution in [2.45, 2.75) is 19.4 Å². The van der Waals surface area contributed by atoms with Crippen molar-refractivity contribution >= 4 is 0 Å². The Balaban J connectivity index is 2.40. The monoisotopic (exact) mass is 216 g/mol. The van der Waals surface area contributed by atoms with Crippen LogP contribution in [0.2, 0.25) is 0 Å². The van der Waals surface area contributed by atoms with Gasteiger partial charge in [0.1, 0.15) is 0 Å². The molecule has 1 heterocycles. The standard InChI is InChI=1S/C12H16N4/c1-3-11(13-2)12-9-14-15-16(12)10-7-5-4-6-8-10/h4-9,11,13H,3H2,1-2H3. The fourth-order valence-corrected chi connectivity index (χ4v) is 1.81. The van der Waals surface area contributed by atoms with Crippen LogP contribution in [0.5, 0.6) is 0 Å². The molecule has 4 nitrogen and oxygen atoms in total. The quantitative estimate of drug-likeness (QED) is 0.849. The van der Waals surface area contributed by atoms with Crippen molar-refractivity contribution in [3.05, 3.63) is 42.2 Å². The van der Waals surface area contributed by atoms with E-state index in [-0.39, 0.29) is 6.04 Å². The highest BCUT2D eigenvalue weighted by molar-refractivity contribution is 5.32. The van der Waals surface area contributed by atoms with Crippen LogP contribution in [-0.4, -0.2) is 22.0 Å². The van der Waals surface area contributed by atoms with Gasteiger partial charge in [-0.2, -0.15) is 0 Å². The Kier molecular flexibility index (Phi) is 3.31. The van der Waals surface area contributed by atoms with Crippen LogP contribution >= 0.6 is 0 Å². The third-order valence-corrected chi connectivity index (χ3v) is 2.69. The lowest BCUT2D eigenvalue weighted by Gasteiger charge is -2.14. The summed E-state index contributed by atoms with van der Waals surface area (Å²) >= 11 is 0. The maximum absolute atomic E-state index is 4.13. The van der Waals surface area contributed by atoms with E-state index in [1.165, 1.54) is 0 Å². The Labute approximate surface area is 95.3 Å². The Morgan fingerprint density at radius 1 is 1.31 bits per heavy atom. The van der Waals surface area contributed by atoms with Gasteiger partial charge in [-0.15, -0.1) is 5.10 Å². The van der Waals surface area contributed by atoms with E-state index in [0.29, 0.717) is 0 Å². The highest BCUT2D eigenvalue weighted by atomic mass is 15.4. The van der Waals surface area contributed by atoms with Crippen LogP contribution in [0.4, 0.5) is 0 Å². The van der Waals surface area contributed by atoms with E-state index in [1.54, 1.807) is 0 Å². The Bertz CT molecular complexity index is 431. The summed E-state index contributed by atoms with van der Waals surface area (Å²) in [5.74, 6) is 0. The molecule has 1 aromatic heterocycles. The Morgan fingerprint density at radius 2 is 2.06 bits per heavy atom. The first-order valence-corrected chi connectivity index (χ1v) is 5.50. The molecule has 0 bridgehead atoms. The fourth-order valence-electron chi connectivity index (χ4n) is 1.81. The molecule has 84 valence electrons. The van der Waals surface area contributed by atoms with Crippen molar-refractivity contribution in [1.29, 1.82) is 0 Å². The molecule has 4 heteroatoms. The number of nitrogens with one attached hydrogen (secondary N) is 1. The molecule has 1 N–H and O–H groups in total. The van der Waals surface area contributed by atoms with Gasteiger partial charge in [-0.05, 0) is 25.6 Å². The van der Waals surface area contributed by atoms with E-state index < -0.39 is 0 Å². The number of para-hydroxylation sites is 1. The third-order valence-electron chi connectivity index (χ3n) is 2.69. The van der Waals surface area contributed by atoms with Gasteiger partial charge < -0.3 is 5.32 Å². The van der Waals surface area contributed by atoms with E-state index in [4.69, 9.17) is 0 Å². The average Bonchev–Trinajstić information content (AvgIpc) is 2.81. The zero-order chi connectivity index (χ0) is 11.4. The van der Waals surface area contributed by atoms with E-state index in [1.807, 2.05) is 48.3 Å². The lowest BCUT2D eigenvalue weighted by molar-refractivity contribution is 0.542. The highest BCUT2D eigenvalue weighted by Crippen LogP contribution is 2.17. The smallest absolute Gasteiger partial charge is 0.0814 e. The van der Waals surface area contributed by atoms with Crippen LogP contribution in [0.3, 0.4) is 0 Å². The van der Waals surface area contributed by atoms with E-state index in [0.717, 1.165) is 17.8 Å². The van der Waals surface area contributed by atoms with Crippen LogP contribution in [0.1, 0.15) is 25.1 Å². The summed E-state index contributed by atoms with van der Waals surface area (Å²) in [4.78, 5) is 0. The number of hydrogen-bond acceptors (Lipinski definition) is 3. The summed E-state index contributed by atoms with van der Waals surface area (Å²) in [5, 5.41) is 11.4. The number of rotatable bonds is 4. The molecule has 1 unspecified atom stereocenters. The topological polar surface area (TPSA) is 42.7 Å².